The molecule has 0 spiro atoms. The van der Waals surface area contributed by atoms with Gasteiger partial charge in [0.1, 0.15) is 0 Å². The highest BCUT2D eigenvalue weighted by molar-refractivity contribution is 9.10. The number of nitrogens with one attached hydrogen (secondary N) is 2. The van der Waals surface area contributed by atoms with Crippen molar-refractivity contribution in [1.82, 2.24) is 4.98 Å². The van der Waals surface area contributed by atoms with Gasteiger partial charge in [-0.2, -0.15) is 0 Å². The third-order valence-electron chi connectivity index (χ3n) is 2.04. The molecule has 2 N–H and O–H groups in total. The number of halogens is 1. The number of H-pyrrole nitrogens is 1. The first-order valence-corrected chi connectivity index (χ1v) is 5.11. The van der Waals surface area contributed by atoms with Crippen LogP contribution in [-0.2, 0) is 0 Å². The largest absolute Gasteiger partial charge is 0.385 e. The van der Waals surface area contributed by atoms with Gasteiger partial charge in [0, 0.05) is 28.3 Å². The van der Waals surface area contributed by atoms with E-state index in [9.17, 15) is 0 Å². The van der Waals surface area contributed by atoms with Crippen molar-refractivity contribution >= 4 is 32.5 Å². The zero-order chi connectivity index (χ0) is 9.26. The Hall–Kier alpha value is -0.960. The van der Waals surface area contributed by atoms with Crippen molar-refractivity contribution in [2.24, 2.45) is 0 Å². The number of hydrogen-bond donors (Lipinski definition) is 2. The molecule has 0 aliphatic rings. The van der Waals surface area contributed by atoms with Gasteiger partial charge in [-0.3, -0.25) is 0 Å². The predicted octanol–water partition coefficient (Wildman–Crippen LogP) is 3.36. The summed E-state index contributed by atoms with van der Waals surface area (Å²) >= 11 is 3.50. The average molecular weight is 239 g/mol. The normalized spacial score (nSPS) is 10.6. The molecule has 1 heterocycles. The summed E-state index contributed by atoms with van der Waals surface area (Å²) in [6.45, 7) is 3.04. The van der Waals surface area contributed by atoms with Crippen LogP contribution in [0.2, 0.25) is 0 Å². The quantitative estimate of drug-likeness (QED) is 0.826. The summed E-state index contributed by atoms with van der Waals surface area (Å²) in [7, 11) is 0. The van der Waals surface area contributed by atoms with Crippen LogP contribution in [0.4, 0.5) is 5.69 Å². The zero-order valence-electron chi connectivity index (χ0n) is 7.39. The van der Waals surface area contributed by atoms with Crippen molar-refractivity contribution in [2.75, 3.05) is 11.9 Å². The maximum atomic E-state index is 3.50. The first-order chi connectivity index (χ1) is 6.33. The molecular formula is C10H11BrN2. The molecule has 3 heteroatoms. The van der Waals surface area contributed by atoms with Gasteiger partial charge in [-0.25, -0.2) is 0 Å². The Morgan fingerprint density at radius 3 is 3.00 bits per heavy atom. The van der Waals surface area contributed by atoms with E-state index < -0.39 is 0 Å². The first-order valence-electron chi connectivity index (χ1n) is 4.32. The SMILES string of the molecule is CCNc1ccc(Br)c2[nH]ccc12. The highest BCUT2D eigenvalue weighted by Gasteiger charge is 2.03. The molecule has 0 aliphatic carbocycles. The number of aromatic amines is 1. The van der Waals surface area contributed by atoms with Crippen molar-refractivity contribution in [3.8, 4) is 0 Å². The summed E-state index contributed by atoms with van der Waals surface area (Å²) in [5.74, 6) is 0. The van der Waals surface area contributed by atoms with E-state index in [0.29, 0.717) is 0 Å². The van der Waals surface area contributed by atoms with E-state index in [1.54, 1.807) is 0 Å². The lowest BCUT2D eigenvalue weighted by molar-refractivity contribution is 1.22. The Kier molecular flexibility index (Phi) is 2.27. The van der Waals surface area contributed by atoms with Crippen LogP contribution in [0.15, 0.2) is 28.9 Å². The van der Waals surface area contributed by atoms with Gasteiger partial charge in [0.25, 0.3) is 0 Å². The van der Waals surface area contributed by atoms with Crippen LogP contribution in [0.5, 0.6) is 0 Å². The third kappa shape index (κ3) is 1.44. The number of benzene rings is 1. The molecule has 0 radical (unpaired) electrons. The molecule has 1 aromatic carbocycles. The van der Waals surface area contributed by atoms with Crippen molar-refractivity contribution in [1.29, 1.82) is 0 Å². The molecule has 68 valence electrons. The number of rotatable bonds is 2. The number of fused-ring (bicyclic) bond motifs is 1. The van der Waals surface area contributed by atoms with Gasteiger partial charge < -0.3 is 10.3 Å². The summed E-state index contributed by atoms with van der Waals surface area (Å²) in [4.78, 5) is 3.20. The third-order valence-corrected chi connectivity index (χ3v) is 2.70. The van der Waals surface area contributed by atoms with Crippen LogP contribution < -0.4 is 5.32 Å². The Balaban J connectivity index is 2.64. The second-order valence-corrected chi connectivity index (χ2v) is 3.75. The summed E-state index contributed by atoms with van der Waals surface area (Å²) in [6.07, 6.45) is 1.95. The zero-order valence-corrected chi connectivity index (χ0v) is 8.98. The molecule has 0 unspecified atom stereocenters. The van der Waals surface area contributed by atoms with Crippen LogP contribution >= 0.6 is 15.9 Å². The van der Waals surface area contributed by atoms with Gasteiger partial charge in [0.05, 0.1) is 5.52 Å². The monoisotopic (exact) mass is 238 g/mol. The van der Waals surface area contributed by atoms with Gasteiger partial charge in [-0.1, -0.05) is 0 Å². The number of anilines is 1. The second kappa shape index (κ2) is 3.42. The molecule has 13 heavy (non-hydrogen) atoms. The second-order valence-electron chi connectivity index (χ2n) is 2.89. The maximum absolute atomic E-state index is 3.50. The Labute approximate surface area is 85.5 Å². The molecule has 0 saturated heterocycles. The maximum Gasteiger partial charge on any atom is 0.0619 e. The Morgan fingerprint density at radius 1 is 1.38 bits per heavy atom. The minimum atomic E-state index is 0.946. The summed E-state index contributed by atoms with van der Waals surface area (Å²) in [5.41, 5.74) is 2.33. The van der Waals surface area contributed by atoms with Gasteiger partial charge in [-0.15, -0.1) is 0 Å². The fourth-order valence-electron chi connectivity index (χ4n) is 1.47. The smallest absolute Gasteiger partial charge is 0.0619 e. The summed E-state index contributed by atoms with van der Waals surface area (Å²) in [6, 6.07) is 6.22. The summed E-state index contributed by atoms with van der Waals surface area (Å²) in [5, 5.41) is 4.56. The van der Waals surface area contributed by atoms with E-state index in [-0.39, 0.29) is 0 Å². The van der Waals surface area contributed by atoms with Crippen LogP contribution in [-0.4, -0.2) is 11.5 Å². The molecular weight excluding hydrogens is 228 g/mol. The van der Waals surface area contributed by atoms with E-state index in [1.165, 1.54) is 11.1 Å². The first kappa shape index (κ1) is 8.63. The molecule has 0 bridgehead atoms. The Bertz CT molecular complexity index is 420. The standard InChI is InChI=1S/C10H11BrN2/c1-2-12-9-4-3-8(11)10-7(9)5-6-13-10/h3-6,12-13H,2H2,1H3. The number of hydrogen-bond acceptors (Lipinski definition) is 1. The van der Waals surface area contributed by atoms with Crippen LogP contribution in [0.1, 0.15) is 6.92 Å². The van der Waals surface area contributed by atoms with Crippen LogP contribution in [0, 0.1) is 0 Å². The van der Waals surface area contributed by atoms with Crippen molar-refractivity contribution in [3.05, 3.63) is 28.9 Å². The minimum absolute atomic E-state index is 0.946. The van der Waals surface area contributed by atoms with Crippen molar-refractivity contribution in [2.45, 2.75) is 6.92 Å². The molecule has 0 aliphatic heterocycles. The molecule has 0 atom stereocenters. The van der Waals surface area contributed by atoms with Gasteiger partial charge in [0.2, 0.25) is 0 Å². The molecule has 2 rings (SSSR count). The summed E-state index contributed by atoms with van der Waals surface area (Å²) < 4.78 is 1.11. The fourth-order valence-corrected chi connectivity index (χ4v) is 1.93. The van der Waals surface area contributed by atoms with E-state index in [2.05, 4.69) is 51.4 Å². The highest BCUT2D eigenvalue weighted by Crippen LogP contribution is 2.28. The highest BCUT2D eigenvalue weighted by atomic mass is 79.9. The molecule has 2 nitrogen and oxygen atoms in total. The molecule has 2 aromatic rings. The van der Waals surface area contributed by atoms with Gasteiger partial charge in [-0.05, 0) is 41.1 Å². The molecule has 0 fully saturated rings. The predicted molar refractivity (Wildman–Crippen MR) is 60.2 cm³/mol. The van der Waals surface area contributed by atoms with Gasteiger partial charge in [0.15, 0.2) is 0 Å². The van der Waals surface area contributed by atoms with Crippen LogP contribution in [0.3, 0.4) is 0 Å². The lowest BCUT2D eigenvalue weighted by Gasteiger charge is -2.05. The van der Waals surface area contributed by atoms with E-state index in [4.69, 9.17) is 0 Å². The molecule has 0 amide bonds. The number of aromatic nitrogens is 1. The average Bonchev–Trinajstić information content (AvgIpc) is 2.59. The van der Waals surface area contributed by atoms with E-state index in [1.807, 2.05) is 6.20 Å². The lowest BCUT2D eigenvalue weighted by atomic mass is 10.2. The fraction of sp³-hybridized carbons (Fsp3) is 0.200. The lowest BCUT2D eigenvalue weighted by Crippen LogP contribution is -1.96. The molecule has 1 aromatic heterocycles. The Morgan fingerprint density at radius 2 is 2.23 bits per heavy atom. The van der Waals surface area contributed by atoms with Gasteiger partial charge >= 0.3 is 0 Å². The topological polar surface area (TPSA) is 27.8 Å². The minimum Gasteiger partial charge on any atom is -0.385 e. The van der Waals surface area contributed by atoms with Crippen LogP contribution in [0.25, 0.3) is 10.9 Å². The van der Waals surface area contributed by atoms with Crippen molar-refractivity contribution < 1.29 is 0 Å². The van der Waals surface area contributed by atoms with E-state index in [0.717, 1.165) is 16.5 Å². The van der Waals surface area contributed by atoms with Crippen molar-refractivity contribution in [3.63, 3.8) is 0 Å². The molecule has 0 saturated carbocycles. The van der Waals surface area contributed by atoms with E-state index >= 15 is 0 Å².